The third-order valence-corrected chi connectivity index (χ3v) is 5.52. The van der Waals surface area contributed by atoms with Crippen LogP contribution in [0.15, 0.2) is 18.2 Å². The van der Waals surface area contributed by atoms with Gasteiger partial charge in [-0.25, -0.2) is 13.1 Å². The van der Waals surface area contributed by atoms with Crippen molar-refractivity contribution in [3.05, 3.63) is 40.7 Å². The Balaban J connectivity index is 2.27. The second kappa shape index (κ2) is 5.32. The van der Waals surface area contributed by atoms with Crippen molar-refractivity contribution in [3.63, 3.8) is 0 Å². The van der Waals surface area contributed by atoms with Crippen molar-refractivity contribution in [1.29, 1.82) is 0 Å². The van der Waals surface area contributed by atoms with E-state index < -0.39 is 15.1 Å². The van der Waals surface area contributed by atoms with Gasteiger partial charge in [0.05, 0.1) is 5.75 Å². The lowest BCUT2D eigenvalue weighted by Gasteiger charge is -2.12. The molecule has 0 N–H and O–H groups in total. The molecule has 0 bridgehead atoms. The molecule has 7 heteroatoms. The van der Waals surface area contributed by atoms with Crippen molar-refractivity contribution in [1.82, 2.24) is 20.2 Å². The first-order valence-corrected chi connectivity index (χ1v) is 8.03. The van der Waals surface area contributed by atoms with E-state index in [0.717, 1.165) is 16.7 Å². The third kappa shape index (κ3) is 2.87. The molecule has 0 aliphatic rings. The average molecular weight is 294 g/mol. The summed E-state index contributed by atoms with van der Waals surface area (Å²) < 4.78 is 26.3. The van der Waals surface area contributed by atoms with Crippen molar-refractivity contribution in [3.8, 4) is 0 Å². The average Bonchev–Trinajstić information content (AvgIpc) is 2.79. The van der Waals surface area contributed by atoms with Gasteiger partial charge in [-0.3, -0.25) is 0 Å². The van der Waals surface area contributed by atoms with Gasteiger partial charge in [0.25, 0.3) is 0 Å². The molecule has 0 aliphatic carbocycles. The van der Waals surface area contributed by atoms with Crippen LogP contribution in [0.4, 0.5) is 0 Å². The van der Waals surface area contributed by atoms with Crippen molar-refractivity contribution in [2.45, 2.75) is 31.8 Å². The number of nitrogens with zero attached hydrogens (tertiary/aromatic N) is 4. The maximum absolute atomic E-state index is 12.4. The predicted octanol–water partition coefficient (Wildman–Crippen LogP) is 1.50. The highest BCUT2D eigenvalue weighted by molar-refractivity contribution is 7.90. The molecule has 2 aromatic rings. The molecule has 0 spiro atoms. The van der Waals surface area contributed by atoms with E-state index in [1.807, 2.05) is 32.0 Å². The minimum absolute atomic E-state index is 0.0118. The van der Waals surface area contributed by atoms with Crippen LogP contribution < -0.4 is 0 Å². The maximum Gasteiger partial charge on any atom is 0.168 e. The number of hydrogen-bond acceptors (Lipinski definition) is 5. The first kappa shape index (κ1) is 14.6. The summed E-state index contributed by atoms with van der Waals surface area (Å²) in [5.41, 5.74) is 3.03. The van der Waals surface area contributed by atoms with Gasteiger partial charge >= 0.3 is 0 Å². The molecule has 0 fully saturated rings. The fourth-order valence-electron chi connectivity index (χ4n) is 1.99. The van der Waals surface area contributed by atoms with Gasteiger partial charge in [-0.2, -0.15) is 0 Å². The summed E-state index contributed by atoms with van der Waals surface area (Å²) in [7, 11) is -1.72. The summed E-state index contributed by atoms with van der Waals surface area (Å²) in [5, 5.41) is 10.2. The van der Waals surface area contributed by atoms with E-state index in [2.05, 4.69) is 15.5 Å². The Morgan fingerprint density at radius 2 is 1.95 bits per heavy atom. The van der Waals surface area contributed by atoms with Crippen molar-refractivity contribution in [2.75, 3.05) is 0 Å². The van der Waals surface area contributed by atoms with Crippen LogP contribution in [0.2, 0.25) is 0 Å². The largest absolute Gasteiger partial charge is 0.231 e. The van der Waals surface area contributed by atoms with Crippen LogP contribution in [-0.2, 0) is 22.6 Å². The maximum atomic E-state index is 12.4. The van der Waals surface area contributed by atoms with Crippen LogP contribution in [0.1, 0.15) is 34.7 Å². The fraction of sp³-hybridized carbons (Fsp3) is 0.462. The molecule has 1 atom stereocenters. The summed E-state index contributed by atoms with van der Waals surface area (Å²) in [6.45, 7) is 5.59. The first-order valence-electron chi connectivity index (χ1n) is 6.31. The Morgan fingerprint density at radius 3 is 2.50 bits per heavy atom. The Labute approximate surface area is 118 Å². The molecular weight excluding hydrogens is 276 g/mol. The smallest absolute Gasteiger partial charge is 0.168 e. The van der Waals surface area contributed by atoms with E-state index in [1.54, 1.807) is 14.0 Å². The van der Waals surface area contributed by atoms with E-state index in [-0.39, 0.29) is 5.75 Å². The fourth-order valence-corrected chi connectivity index (χ4v) is 3.41. The zero-order valence-electron chi connectivity index (χ0n) is 12.0. The molecule has 1 heterocycles. The van der Waals surface area contributed by atoms with Crippen LogP contribution >= 0.6 is 0 Å². The van der Waals surface area contributed by atoms with Gasteiger partial charge in [0.2, 0.25) is 0 Å². The van der Waals surface area contributed by atoms with E-state index >= 15 is 0 Å². The summed E-state index contributed by atoms with van der Waals surface area (Å²) in [4.78, 5) is 0. The standard InChI is InChI=1S/C13H18N4O2S/c1-9-5-6-12(7-10(9)2)8-20(18,19)11(3)13-14-15-16-17(13)4/h5-7,11H,8H2,1-4H3. The number of rotatable bonds is 4. The molecule has 20 heavy (non-hydrogen) atoms. The zero-order valence-corrected chi connectivity index (χ0v) is 12.8. The normalized spacial score (nSPS) is 13.4. The highest BCUT2D eigenvalue weighted by atomic mass is 32.2. The van der Waals surface area contributed by atoms with Crippen LogP contribution in [0, 0.1) is 13.8 Å². The van der Waals surface area contributed by atoms with E-state index in [9.17, 15) is 8.42 Å². The summed E-state index contributed by atoms with van der Waals surface area (Å²) >= 11 is 0. The highest BCUT2D eigenvalue weighted by Gasteiger charge is 2.27. The monoisotopic (exact) mass is 294 g/mol. The van der Waals surface area contributed by atoms with Crippen molar-refractivity contribution < 1.29 is 8.42 Å². The lowest BCUT2D eigenvalue weighted by molar-refractivity contribution is 0.576. The molecule has 108 valence electrons. The Morgan fingerprint density at radius 1 is 1.25 bits per heavy atom. The van der Waals surface area contributed by atoms with Crippen molar-refractivity contribution >= 4 is 9.84 Å². The molecule has 2 rings (SSSR count). The Kier molecular flexibility index (Phi) is 3.89. The lowest BCUT2D eigenvalue weighted by Crippen LogP contribution is -2.17. The minimum atomic E-state index is -3.35. The van der Waals surface area contributed by atoms with Crippen LogP contribution in [-0.4, -0.2) is 28.6 Å². The van der Waals surface area contributed by atoms with Crippen molar-refractivity contribution in [2.24, 2.45) is 7.05 Å². The first-order chi connectivity index (χ1) is 9.31. The molecule has 0 saturated heterocycles. The van der Waals surface area contributed by atoms with Gasteiger partial charge in [-0.05, 0) is 47.9 Å². The van der Waals surface area contributed by atoms with E-state index in [4.69, 9.17) is 0 Å². The molecule has 0 radical (unpaired) electrons. The number of hydrogen-bond donors (Lipinski definition) is 0. The molecular formula is C13H18N4O2S. The summed E-state index contributed by atoms with van der Waals surface area (Å²) in [6.07, 6.45) is 0. The van der Waals surface area contributed by atoms with Gasteiger partial charge in [0.15, 0.2) is 15.7 Å². The van der Waals surface area contributed by atoms with Gasteiger partial charge in [-0.15, -0.1) is 5.10 Å². The second-order valence-corrected chi connectivity index (χ2v) is 7.35. The third-order valence-electron chi connectivity index (χ3n) is 3.49. The van der Waals surface area contributed by atoms with Crippen LogP contribution in [0.25, 0.3) is 0 Å². The van der Waals surface area contributed by atoms with Gasteiger partial charge < -0.3 is 0 Å². The second-order valence-electron chi connectivity index (χ2n) is 5.03. The summed E-state index contributed by atoms with van der Waals surface area (Å²) in [5.74, 6) is 0.344. The summed E-state index contributed by atoms with van der Waals surface area (Å²) in [6, 6.07) is 5.70. The number of aryl methyl sites for hydroxylation is 3. The van der Waals surface area contributed by atoms with Crippen LogP contribution in [0.3, 0.4) is 0 Å². The van der Waals surface area contributed by atoms with Gasteiger partial charge in [0.1, 0.15) is 5.25 Å². The SMILES string of the molecule is Cc1ccc(CS(=O)(=O)C(C)c2nnnn2C)cc1C. The Bertz CT molecular complexity index is 722. The highest BCUT2D eigenvalue weighted by Crippen LogP contribution is 2.23. The Hall–Kier alpha value is -1.76. The molecule has 0 amide bonds. The van der Waals surface area contributed by atoms with Gasteiger partial charge in [0, 0.05) is 7.05 Å². The zero-order chi connectivity index (χ0) is 14.9. The minimum Gasteiger partial charge on any atom is -0.231 e. The predicted molar refractivity (Wildman–Crippen MR) is 75.8 cm³/mol. The number of aromatic nitrogens is 4. The van der Waals surface area contributed by atoms with Crippen LogP contribution in [0.5, 0.6) is 0 Å². The quantitative estimate of drug-likeness (QED) is 0.854. The molecule has 0 aliphatic heterocycles. The molecule has 6 nitrogen and oxygen atoms in total. The molecule has 1 unspecified atom stereocenters. The van der Waals surface area contributed by atoms with E-state index in [1.165, 1.54) is 4.68 Å². The number of sulfone groups is 1. The number of benzene rings is 1. The molecule has 1 aromatic carbocycles. The topological polar surface area (TPSA) is 77.7 Å². The lowest BCUT2D eigenvalue weighted by atomic mass is 10.1. The van der Waals surface area contributed by atoms with E-state index in [0.29, 0.717) is 5.82 Å². The molecule has 1 aromatic heterocycles. The molecule has 0 saturated carbocycles. The number of tetrazole rings is 1. The van der Waals surface area contributed by atoms with Gasteiger partial charge in [-0.1, -0.05) is 18.2 Å².